The highest BCUT2D eigenvalue weighted by Gasteiger charge is 2.36. The van der Waals surface area contributed by atoms with Gasteiger partial charge in [-0.1, -0.05) is 63.6 Å². The van der Waals surface area contributed by atoms with Crippen LogP contribution in [0.3, 0.4) is 0 Å². The number of ketones is 1. The molecule has 0 bridgehead atoms. The van der Waals surface area contributed by atoms with Crippen molar-refractivity contribution in [2.24, 2.45) is 0 Å². The van der Waals surface area contributed by atoms with Gasteiger partial charge in [0.1, 0.15) is 6.04 Å². The van der Waals surface area contributed by atoms with Crippen LogP contribution in [0, 0.1) is 0 Å². The Balaban J connectivity index is 1.49. The molecule has 5 rings (SSSR count). The third kappa shape index (κ3) is 3.82. The zero-order valence-electron chi connectivity index (χ0n) is 15.9. The Hall–Kier alpha value is -2.09. The van der Waals surface area contributed by atoms with Gasteiger partial charge in [-0.15, -0.1) is 5.10 Å². The van der Waals surface area contributed by atoms with Crippen LogP contribution < -0.4 is 5.32 Å². The molecule has 3 aromatic rings. The first kappa shape index (κ1) is 19.8. The van der Waals surface area contributed by atoms with E-state index in [2.05, 4.69) is 21.2 Å². The number of benzene rings is 2. The van der Waals surface area contributed by atoms with Crippen molar-refractivity contribution in [1.82, 2.24) is 14.8 Å². The predicted octanol–water partition coefficient (Wildman–Crippen LogP) is 6.01. The van der Waals surface area contributed by atoms with Crippen LogP contribution in [0.15, 0.2) is 69.4 Å². The van der Waals surface area contributed by atoms with Gasteiger partial charge in [0.25, 0.3) is 0 Å². The van der Waals surface area contributed by atoms with Crippen molar-refractivity contribution in [3.63, 3.8) is 0 Å². The molecule has 5 nitrogen and oxygen atoms in total. The van der Waals surface area contributed by atoms with Crippen molar-refractivity contribution in [1.29, 1.82) is 0 Å². The largest absolute Gasteiger partial charge is 0.328 e. The third-order valence-corrected chi connectivity index (χ3v) is 7.01. The number of fused-ring (bicyclic) bond motifs is 1. The number of nitrogens with zero attached hydrogens (tertiary/aromatic N) is 3. The SMILES string of the molecule is O=C1CCCC2=C1[C@H](c1ccc(Br)cc1)n1nc(SCc3ccc(Cl)cc3)nc1N2. The molecule has 0 fully saturated rings. The summed E-state index contributed by atoms with van der Waals surface area (Å²) in [6.07, 6.45) is 2.30. The average Bonchev–Trinajstić information content (AvgIpc) is 3.15. The average molecular weight is 502 g/mol. The number of Topliss-reactive ketones (excluding diaryl/α,β-unsaturated/α-hetero) is 1. The molecular formula is C22H18BrClN4OS. The van der Waals surface area contributed by atoms with Crippen molar-refractivity contribution >= 4 is 51.0 Å². The van der Waals surface area contributed by atoms with E-state index in [1.807, 2.05) is 53.2 Å². The minimum atomic E-state index is -0.255. The molecule has 152 valence electrons. The van der Waals surface area contributed by atoms with E-state index in [0.29, 0.717) is 17.5 Å². The minimum Gasteiger partial charge on any atom is -0.328 e. The number of halogens is 2. The first-order chi connectivity index (χ1) is 14.6. The molecule has 1 N–H and O–H groups in total. The summed E-state index contributed by atoms with van der Waals surface area (Å²) >= 11 is 11.0. The fourth-order valence-corrected chi connectivity index (χ4v) is 5.05. The Morgan fingerprint density at radius 2 is 1.90 bits per heavy atom. The molecule has 30 heavy (non-hydrogen) atoms. The van der Waals surface area contributed by atoms with Gasteiger partial charge >= 0.3 is 0 Å². The van der Waals surface area contributed by atoms with Crippen molar-refractivity contribution in [2.45, 2.75) is 36.2 Å². The summed E-state index contributed by atoms with van der Waals surface area (Å²) in [7, 11) is 0. The topological polar surface area (TPSA) is 59.8 Å². The second-order valence-electron chi connectivity index (χ2n) is 7.33. The maximum absolute atomic E-state index is 12.8. The summed E-state index contributed by atoms with van der Waals surface area (Å²) in [5, 5.41) is 9.55. The number of hydrogen-bond acceptors (Lipinski definition) is 5. The van der Waals surface area contributed by atoms with Gasteiger partial charge in [0.15, 0.2) is 5.78 Å². The molecule has 2 aliphatic rings. The standard InChI is InChI=1S/C22H18BrClN4OS/c23-15-8-6-14(7-9-15)20-19-17(2-1-3-18(19)29)25-21-26-22(27-28(20)21)30-12-13-4-10-16(24)11-5-13/h4-11,20H,1-3,12H2,(H,25,26,27)/t20-/m0/s1. The molecule has 0 radical (unpaired) electrons. The van der Waals surface area contributed by atoms with E-state index in [1.165, 1.54) is 0 Å². The molecule has 0 spiro atoms. The molecule has 0 saturated carbocycles. The van der Waals surface area contributed by atoms with Crippen LogP contribution in [0.2, 0.25) is 5.02 Å². The van der Waals surface area contributed by atoms with Crippen molar-refractivity contribution in [2.75, 3.05) is 5.32 Å². The zero-order valence-corrected chi connectivity index (χ0v) is 19.1. The summed E-state index contributed by atoms with van der Waals surface area (Å²) < 4.78 is 2.86. The van der Waals surface area contributed by atoms with E-state index < -0.39 is 0 Å². The lowest BCUT2D eigenvalue weighted by Gasteiger charge is -2.32. The Morgan fingerprint density at radius 1 is 1.13 bits per heavy atom. The third-order valence-electron chi connectivity index (χ3n) is 5.32. The van der Waals surface area contributed by atoms with Crippen LogP contribution in [0.5, 0.6) is 0 Å². The fourth-order valence-electron chi connectivity index (χ4n) is 3.88. The highest BCUT2D eigenvalue weighted by atomic mass is 79.9. The number of aromatic nitrogens is 3. The lowest BCUT2D eigenvalue weighted by atomic mass is 9.85. The molecule has 0 amide bonds. The zero-order chi connectivity index (χ0) is 20.7. The van der Waals surface area contributed by atoms with Gasteiger partial charge in [-0.2, -0.15) is 4.98 Å². The number of rotatable bonds is 4. The van der Waals surface area contributed by atoms with E-state index in [9.17, 15) is 4.79 Å². The van der Waals surface area contributed by atoms with E-state index in [0.717, 1.165) is 50.5 Å². The highest BCUT2D eigenvalue weighted by molar-refractivity contribution is 9.10. The van der Waals surface area contributed by atoms with Gasteiger partial charge in [-0.05, 0) is 48.2 Å². The number of thioether (sulfide) groups is 1. The monoisotopic (exact) mass is 500 g/mol. The molecule has 1 aliphatic carbocycles. The van der Waals surface area contributed by atoms with E-state index >= 15 is 0 Å². The van der Waals surface area contributed by atoms with Crippen LogP contribution in [-0.2, 0) is 10.5 Å². The van der Waals surface area contributed by atoms with Crippen LogP contribution in [0.1, 0.15) is 36.4 Å². The Labute approximate surface area is 192 Å². The summed E-state index contributed by atoms with van der Waals surface area (Å²) in [6.45, 7) is 0. The highest BCUT2D eigenvalue weighted by Crippen LogP contribution is 2.40. The summed E-state index contributed by atoms with van der Waals surface area (Å²) in [6, 6.07) is 15.6. The Morgan fingerprint density at radius 3 is 2.67 bits per heavy atom. The van der Waals surface area contributed by atoms with E-state index in [-0.39, 0.29) is 11.8 Å². The number of allylic oxidation sites excluding steroid dienone is 2. The van der Waals surface area contributed by atoms with Gasteiger partial charge in [-0.3, -0.25) is 4.79 Å². The van der Waals surface area contributed by atoms with Gasteiger partial charge in [0.2, 0.25) is 11.1 Å². The van der Waals surface area contributed by atoms with Crippen LogP contribution in [0.4, 0.5) is 5.95 Å². The van der Waals surface area contributed by atoms with Gasteiger partial charge in [0.05, 0.1) is 0 Å². The predicted molar refractivity (Wildman–Crippen MR) is 123 cm³/mol. The van der Waals surface area contributed by atoms with Gasteiger partial charge < -0.3 is 5.32 Å². The number of anilines is 1. The smallest absolute Gasteiger partial charge is 0.227 e. The van der Waals surface area contributed by atoms with Crippen molar-refractivity contribution in [3.05, 3.63) is 80.4 Å². The number of hydrogen-bond donors (Lipinski definition) is 1. The second kappa shape index (κ2) is 8.21. The van der Waals surface area contributed by atoms with E-state index in [4.69, 9.17) is 21.7 Å². The molecule has 1 atom stereocenters. The van der Waals surface area contributed by atoms with Crippen molar-refractivity contribution in [3.8, 4) is 0 Å². The van der Waals surface area contributed by atoms with E-state index in [1.54, 1.807) is 11.8 Å². The molecular weight excluding hydrogens is 484 g/mol. The molecule has 0 unspecified atom stereocenters. The van der Waals surface area contributed by atoms with Crippen LogP contribution in [-0.4, -0.2) is 20.5 Å². The summed E-state index contributed by atoms with van der Waals surface area (Å²) in [5.74, 6) is 1.62. The molecule has 1 aliphatic heterocycles. The van der Waals surface area contributed by atoms with Gasteiger partial charge in [-0.25, -0.2) is 4.68 Å². The first-order valence-corrected chi connectivity index (χ1v) is 11.9. The minimum absolute atomic E-state index is 0.188. The number of carbonyl (C=O) groups excluding carboxylic acids is 1. The summed E-state index contributed by atoms with van der Waals surface area (Å²) in [5.41, 5.74) is 3.98. The molecule has 8 heteroatoms. The molecule has 1 aromatic heterocycles. The van der Waals surface area contributed by atoms with Gasteiger partial charge in [0, 0.05) is 32.9 Å². The Bertz CT molecular complexity index is 1140. The second-order valence-corrected chi connectivity index (χ2v) is 9.62. The quantitative estimate of drug-likeness (QED) is 0.444. The van der Waals surface area contributed by atoms with Crippen LogP contribution in [0.25, 0.3) is 0 Å². The normalized spacial score (nSPS) is 18.1. The fraction of sp³-hybridized carbons (Fsp3) is 0.227. The lowest BCUT2D eigenvalue weighted by molar-refractivity contribution is -0.116. The first-order valence-electron chi connectivity index (χ1n) is 9.71. The number of carbonyl (C=O) groups is 1. The molecule has 2 heterocycles. The van der Waals surface area contributed by atoms with Crippen molar-refractivity contribution < 1.29 is 4.79 Å². The molecule has 0 saturated heterocycles. The van der Waals surface area contributed by atoms with Crippen LogP contribution >= 0.6 is 39.3 Å². The maximum Gasteiger partial charge on any atom is 0.227 e. The summed E-state index contributed by atoms with van der Waals surface area (Å²) in [4.78, 5) is 17.6. The molecule has 2 aromatic carbocycles. The number of nitrogens with one attached hydrogen (secondary N) is 1. The maximum atomic E-state index is 12.8. The lowest BCUT2D eigenvalue weighted by Crippen LogP contribution is -2.31. The Kier molecular flexibility index (Phi) is 5.43.